The summed E-state index contributed by atoms with van der Waals surface area (Å²) in [5.74, 6) is 0.693. The van der Waals surface area contributed by atoms with Crippen LogP contribution in [0.1, 0.15) is 46.2 Å². The second-order valence-electron chi connectivity index (χ2n) is 9.15. The maximum atomic E-state index is 5.08. The summed E-state index contributed by atoms with van der Waals surface area (Å²) in [4.78, 5) is 9.56. The largest absolute Gasteiger partial charge is 0.261 e. The van der Waals surface area contributed by atoms with Gasteiger partial charge in [0.15, 0.2) is 5.82 Å². The second-order valence-corrected chi connectivity index (χ2v) is 10.8. The van der Waals surface area contributed by atoms with Crippen LogP contribution in [0.4, 0.5) is 5.82 Å². The molecule has 6 heteroatoms. The van der Waals surface area contributed by atoms with Crippen molar-refractivity contribution in [2.75, 3.05) is 5.43 Å². The van der Waals surface area contributed by atoms with Crippen molar-refractivity contribution >= 4 is 34.9 Å². The van der Waals surface area contributed by atoms with Crippen molar-refractivity contribution in [1.29, 1.82) is 0 Å². The summed E-state index contributed by atoms with van der Waals surface area (Å²) in [6.07, 6.45) is 3.47. The molecule has 2 N–H and O–H groups in total. The molecule has 0 radical (unpaired) electrons. The Morgan fingerprint density at radius 1 is 0.971 bits per heavy atom. The fraction of sp³-hybridized carbons (Fsp3) is 0.250. The highest BCUT2D eigenvalue weighted by molar-refractivity contribution is 7.98. The fourth-order valence-electron chi connectivity index (χ4n) is 3.63. The van der Waals surface area contributed by atoms with Crippen molar-refractivity contribution in [1.82, 2.24) is 14.7 Å². The van der Waals surface area contributed by atoms with Crippen molar-refractivity contribution in [3.05, 3.63) is 78.5 Å². The van der Waals surface area contributed by atoms with Crippen LogP contribution in [0.3, 0.4) is 0 Å². The van der Waals surface area contributed by atoms with Crippen LogP contribution in [0, 0.1) is 0 Å². The van der Waals surface area contributed by atoms with Crippen LogP contribution in [-0.4, -0.2) is 20.9 Å². The second kappa shape index (κ2) is 10.4. The topological polar surface area (TPSA) is 62.2 Å². The van der Waals surface area contributed by atoms with Crippen molar-refractivity contribution in [2.45, 2.75) is 45.4 Å². The average molecular weight is 470 g/mol. The van der Waals surface area contributed by atoms with Crippen LogP contribution in [0.5, 0.6) is 0 Å². The van der Waals surface area contributed by atoms with E-state index in [4.69, 9.17) is 4.98 Å². The van der Waals surface area contributed by atoms with Crippen molar-refractivity contribution in [3.63, 3.8) is 0 Å². The summed E-state index contributed by atoms with van der Waals surface area (Å²) >= 11 is 1.76. The summed E-state index contributed by atoms with van der Waals surface area (Å²) < 4.78 is 3.72. The predicted octanol–water partition coefficient (Wildman–Crippen LogP) is 7.48. The Kier molecular flexibility index (Phi) is 7.29. The van der Waals surface area contributed by atoms with Gasteiger partial charge in [-0.05, 0) is 57.9 Å². The zero-order chi connectivity index (χ0) is 24.1. The van der Waals surface area contributed by atoms with Crippen molar-refractivity contribution in [2.24, 2.45) is 5.10 Å². The summed E-state index contributed by atoms with van der Waals surface area (Å²) in [5, 5.41) is 5.09. The van der Waals surface area contributed by atoms with E-state index in [-0.39, 0.29) is 10.8 Å². The molecule has 5 nitrogen and oxygen atoms in total. The highest BCUT2D eigenvalue weighted by Crippen LogP contribution is 2.35. The molecule has 2 heterocycles. The third-order valence-electron chi connectivity index (χ3n) is 5.35. The SMILES string of the molecule is C/C=N/Nc1nccc2nc(-c3ccc([C@@H](C)NSC(C)(C)C)cc3)c(-c3ccccc3)cc12. The van der Waals surface area contributed by atoms with Crippen LogP contribution in [0.15, 0.2) is 78.0 Å². The Morgan fingerprint density at radius 3 is 2.38 bits per heavy atom. The number of benzene rings is 2. The molecule has 0 unspecified atom stereocenters. The van der Waals surface area contributed by atoms with Gasteiger partial charge in [-0.1, -0.05) is 66.5 Å². The number of hydrogen-bond donors (Lipinski definition) is 2. The number of rotatable bonds is 7. The van der Waals surface area contributed by atoms with Gasteiger partial charge >= 0.3 is 0 Å². The van der Waals surface area contributed by atoms with E-state index < -0.39 is 0 Å². The zero-order valence-corrected chi connectivity index (χ0v) is 21.1. The maximum Gasteiger partial charge on any atom is 0.155 e. The van der Waals surface area contributed by atoms with Gasteiger partial charge in [0.05, 0.1) is 11.2 Å². The highest BCUT2D eigenvalue weighted by atomic mass is 32.2. The van der Waals surface area contributed by atoms with Crippen LogP contribution < -0.4 is 10.1 Å². The summed E-state index contributed by atoms with van der Waals surface area (Å²) in [5.41, 5.74) is 9.35. The molecule has 0 saturated heterocycles. The molecule has 0 aliphatic carbocycles. The van der Waals surface area contributed by atoms with Crippen LogP contribution in [0.2, 0.25) is 0 Å². The van der Waals surface area contributed by atoms with E-state index in [0.29, 0.717) is 5.82 Å². The molecule has 0 aliphatic heterocycles. The molecule has 0 aliphatic rings. The highest BCUT2D eigenvalue weighted by Gasteiger charge is 2.16. The van der Waals surface area contributed by atoms with E-state index in [1.165, 1.54) is 5.56 Å². The van der Waals surface area contributed by atoms with E-state index in [1.807, 2.05) is 19.1 Å². The molecule has 0 saturated carbocycles. The lowest BCUT2D eigenvalue weighted by atomic mass is 9.96. The summed E-state index contributed by atoms with van der Waals surface area (Å²) in [6, 6.07) is 23.4. The number of anilines is 1. The molecule has 0 fully saturated rings. The van der Waals surface area contributed by atoms with Gasteiger partial charge in [-0.15, -0.1) is 0 Å². The van der Waals surface area contributed by atoms with Gasteiger partial charge in [0.2, 0.25) is 0 Å². The Balaban J connectivity index is 1.77. The molecule has 0 amide bonds. The van der Waals surface area contributed by atoms with Gasteiger partial charge in [0, 0.05) is 39.7 Å². The maximum absolute atomic E-state index is 5.08. The van der Waals surface area contributed by atoms with E-state index >= 15 is 0 Å². The lowest BCUT2D eigenvalue weighted by molar-refractivity contribution is 0.724. The smallest absolute Gasteiger partial charge is 0.155 e. The van der Waals surface area contributed by atoms with E-state index in [1.54, 1.807) is 24.4 Å². The molecule has 4 aromatic rings. The van der Waals surface area contributed by atoms with Crippen molar-refractivity contribution in [3.8, 4) is 22.4 Å². The Labute approximate surface area is 206 Å². The van der Waals surface area contributed by atoms with Gasteiger partial charge < -0.3 is 0 Å². The van der Waals surface area contributed by atoms with E-state index in [2.05, 4.69) is 103 Å². The fourth-order valence-corrected chi connectivity index (χ4v) is 4.30. The minimum atomic E-state index is 0.165. The van der Waals surface area contributed by atoms with Gasteiger partial charge in [-0.25, -0.2) is 9.97 Å². The van der Waals surface area contributed by atoms with Crippen molar-refractivity contribution < 1.29 is 0 Å². The first kappa shape index (κ1) is 23.9. The van der Waals surface area contributed by atoms with Gasteiger partial charge in [-0.2, -0.15) is 5.10 Å². The molecule has 34 heavy (non-hydrogen) atoms. The van der Waals surface area contributed by atoms with E-state index in [0.717, 1.165) is 33.3 Å². The number of aromatic nitrogens is 2. The first-order chi connectivity index (χ1) is 16.4. The molecule has 0 bridgehead atoms. The molecular formula is C28H31N5S. The number of fused-ring (bicyclic) bond motifs is 1. The number of pyridine rings is 2. The lowest BCUT2D eigenvalue weighted by Gasteiger charge is -2.22. The van der Waals surface area contributed by atoms with Crippen LogP contribution in [0.25, 0.3) is 33.3 Å². The molecule has 2 aromatic carbocycles. The Hall–Kier alpha value is -3.22. The molecule has 1 atom stereocenters. The Bertz CT molecular complexity index is 1280. The molecule has 174 valence electrons. The van der Waals surface area contributed by atoms with Gasteiger partial charge in [0.1, 0.15) is 0 Å². The van der Waals surface area contributed by atoms with Gasteiger partial charge in [-0.3, -0.25) is 10.1 Å². The number of nitrogens with zero attached hydrogens (tertiary/aromatic N) is 3. The molecule has 2 aromatic heterocycles. The summed E-state index contributed by atoms with van der Waals surface area (Å²) in [7, 11) is 0. The van der Waals surface area contributed by atoms with E-state index in [9.17, 15) is 0 Å². The number of hydrazone groups is 1. The quantitative estimate of drug-likeness (QED) is 0.167. The molecule has 4 rings (SSSR count). The Morgan fingerprint density at radius 2 is 1.71 bits per heavy atom. The monoisotopic (exact) mass is 469 g/mol. The lowest BCUT2D eigenvalue weighted by Crippen LogP contribution is -2.19. The third kappa shape index (κ3) is 5.64. The van der Waals surface area contributed by atoms with Crippen LogP contribution in [-0.2, 0) is 0 Å². The van der Waals surface area contributed by atoms with Gasteiger partial charge in [0.25, 0.3) is 0 Å². The first-order valence-electron chi connectivity index (χ1n) is 11.5. The minimum Gasteiger partial charge on any atom is -0.261 e. The number of nitrogens with one attached hydrogen (secondary N) is 2. The van der Waals surface area contributed by atoms with Crippen LogP contribution >= 0.6 is 11.9 Å². The average Bonchev–Trinajstić information content (AvgIpc) is 2.85. The molecular weight excluding hydrogens is 438 g/mol. The normalized spacial score (nSPS) is 12.9. The number of hydrogen-bond acceptors (Lipinski definition) is 6. The standard InChI is InChI=1S/C28H31N5S/c1-6-30-32-27-24-18-23(21-10-8-7-9-11-21)26(31-25(24)16-17-29-27)22-14-12-20(13-15-22)19(2)33-34-28(3,4)5/h6-19,33H,1-5H3,(H,29,32)/b30-6+/t19-/m1/s1. The first-order valence-corrected chi connectivity index (χ1v) is 12.3. The summed E-state index contributed by atoms with van der Waals surface area (Å²) in [6.45, 7) is 10.7. The predicted molar refractivity (Wildman–Crippen MR) is 147 cm³/mol. The third-order valence-corrected chi connectivity index (χ3v) is 6.44. The molecule has 0 spiro atoms. The minimum absolute atomic E-state index is 0.165. The zero-order valence-electron chi connectivity index (χ0n) is 20.3.